The van der Waals surface area contributed by atoms with Crippen molar-refractivity contribution in [3.05, 3.63) is 59.7 Å². The van der Waals surface area contributed by atoms with E-state index >= 15 is 0 Å². The van der Waals surface area contributed by atoms with E-state index in [2.05, 4.69) is 4.72 Å². The van der Waals surface area contributed by atoms with Crippen LogP contribution in [0.25, 0.3) is 0 Å². The van der Waals surface area contributed by atoms with E-state index in [1.807, 2.05) is 0 Å². The summed E-state index contributed by atoms with van der Waals surface area (Å²) in [5.74, 6) is -1.27. The summed E-state index contributed by atoms with van der Waals surface area (Å²) in [6.07, 6.45) is -3.42. The molecular formula is C22H23F3N2O5S. The predicted molar refractivity (Wildman–Crippen MR) is 114 cm³/mol. The van der Waals surface area contributed by atoms with Crippen LogP contribution in [0.15, 0.2) is 53.4 Å². The third-order valence-corrected chi connectivity index (χ3v) is 6.54. The van der Waals surface area contributed by atoms with E-state index in [-0.39, 0.29) is 35.3 Å². The third-order valence-electron chi connectivity index (χ3n) is 5.16. The average molecular weight is 484 g/mol. The lowest BCUT2D eigenvalue weighted by Gasteiger charge is -2.31. The van der Waals surface area contributed by atoms with Crippen LogP contribution >= 0.6 is 0 Å². The Morgan fingerprint density at radius 3 is 2.58 bits per heavy atom. The number of piperidine rings is 1. The first-order valence-electron chi connectivity index (χ1n) is 10.3. The van der Waals surface area contributed by atoms with Gasteiger partial charge in [-0.1, -0.05) is 12.1 Å². The second kappa shape index (κ2) is 9.82. The normalized spacial score (nSPS) is 16.8. The van der Waals surface area contributed by atoms with Gasteiger partial charge in [0.15, 0.2) is 0 Å². The second-order valence-electron chi connectivity index (χ2n) is 7.55. The molecule has 2 aromatic carbocycles. The fourth-order valence-corrected chi connectivity index (χ4v) is 4.66. The molecule has 0 bridgehead atoms. The predicted octanol–water partition coefficient (Wildman–Crippen LogP) is 3.92. The van der Waals surface area contributed by atoms with Gasteiger partial charge in [-0.2, -0.15) is 13.2 Å². The molecule has 1 fully saturated rings. The number of likely N-dealkylation sites (tertiary alicyclic amines) is 1. The highest BCUT2D eigenvalue weighted by Gasteiger charge is 2.32. The van der Waals surface area contributed by atoms with Crippen molar-refractivity contribution < 1.29 is 35.9 Å². The van der Waals surface area contributed by atoms with Crippen molar-refractivity contribution in [1.29, 1.82) is 0 Å². The standard InChI is InChI=1S/C22H23F3N2O5S/c1-2-32-21(29)16-7-5-11-27(14-16)20(28)15-6-3-10-19(12-15)33(30,31)26-18-9-4-8-17(13-18)22(23,24)25/h3-4,6,8-10,12-13,16,26H,2,5,7,11,14H2,1H3. The van der Waals surface area contributed by atoms with Crippen LogP contribution in [0, 0.1) is 5.92 Å². The van der Waals surface area contributed by atoms with Crippen molar-refractivity contribution in [3.8, 4) is 0 Å². The second-order valence-corrected chi connectivity index (χ2v) is 9.24. The van der Waals surface area contributed by atoms with Crippen molar-refractivity contribution in [2.45, 2.75) is 30.8 Å². The van der Waals surface area contributed by atoms with Gasteiger partial charge < -0.3 is 9.64 Å². The van der Waals surface area contributed by atoms with E-state index in [4.69, 9.17) is 4.74 Å². The Kier molecular flexibility index (Phi) is 7.31. The summed E-state index contributed by atoms with van der Waals surface area (Å²) >= 11 is 0. The molecule has 0 radical (unpaired) electrons. The van der Waals surface area contributed by atoms with Crippen LogP contribution in [-0.2, 0) is 25.7 Å². The molecule has 3 rings (SSSR count). The molecular weight excluding hydrogens is 461 g/mol. The number of hydrogen-bond donors (Lipinski definition) is 1. The quantitative estimate of drug-likeness (QED) is 0.628. The van der Waals surface area contributed by atoms with Crippen molar-refractivity contribution >= 4 is 27.6 Å². The topological polar surface area (TPSA) is 92.8 Å². The SMILES string of the molecule is CCOC(=O)C1CCCN(C(=O)c2cccc(S(=O)(=O)Nc3cccc(C(F)(F)F)c3)c2)C1. The first kappa shape index (κ1) is 24.6. The summed E-state index contributed by atoms with van der Waals surface area (Å²) in [5, 5.41) is 0. The molecule has 0 aromatic heterocycles. The number of amides is 1. The van der Waals surface area contributed by atoms with Crippen LogP contribution in [-0.4, -0.2) is 44.9 Å². The zero-order chi connectivity index (χ0) is 24.2. The maximum absolute atomic E-state index is 13.0. The van der Waals surface area contributed by atoms with E-state index in [0.717, 1.165) is 18.2 Å². The number of ether oxygens (including phenoxy) is 1. The molecule has 2 aromatic rings. The van der Waals surface area contributed by atoms with Crippen LogP contribution in [0.2, 0.25) is 0 Å². The Hall–Kier alpha value is -3.08. The fraction of sp³-hybridized carbons (Fsp3) is 0.364. The molecule has 7 nitrogen and oxygen atoms in total. The van der Waals surface area contributed by atoms with Gasteiger partial charge in [-0.25, -0.2) is 8.42 Å². The molecule has 1 N–H and O–H groups in total. The van der Waals surface area contributed by atoms with Gasteiger partial charge in [-0.15, -0.1) is 0 Å². The Morgan fingerprint density at radius 1 is 1.15 bits per heavy atom. The fourth-order valence-electron chi connectivity index (χ4n) is 3.57. The van der Waals surface area contributed by atoms with Crippen LogP contribution in [0.3, 0.4) is 0 Å². The van der Waals surface area contributed by atoms with Crippen LogP contribution in [0.5, 0.6) is 0 Å². The van der Waals surface area contributed by atoms with Crippen LogP contribution in [0.4, 0.5) is 18.9 Å². The number of sulfonamides is 1. The number of carbonyl (C=O) groups is 2. The van der Waals surface area contributed by atoms with Crippen molar-refractivity contribution in [2.75, 3.05) is 24.4 Å². The lowest BCUT2D eigenvalue weighted by atomic mass is 9.97. The summed E-state index contributed by atoms with van der Waals surface area (Å²) in [4.78, 5) is 26.2. The molecule has 0 saturated carbocycles. The van der Waals surface area contributed by atoms with Gasteiger partial charge in [-0.05, 0) is 56.2 Å². The number of halogens is 3. The third kappa shape index (κ3) is 6.04. The summed E-state index contributed by atoms with van der Waals surface area (Å²) in [6, 6.07) is 9.04. The van der Waals surface area contributed by atoms with Crippen LogP contribution < -0.4 is 4.72 Å². The van der Waals surface area contributed by atoms with Crippen molar-refractivity contribution in [2.24, 2.45) is 5.92 Å². The molecule has 33 heavy (non-hydrogen) atoms. The zero-order valence-corrected chi connectivity index (χ0v) is 18.6. The highest BCUT2D eigenvalue weighted by molar-refractivity contribution is 7.92. The molecule has 0 spiro atoms. The number of rotatable bonds is 6. The van der Waals surface area contributed by atoms with Gasteiger partial charge in [0, 0.05) is 24.3 Å². The van der Waals surface area contributed by atoms with E-state index in [1.54, 1.807) is 6.92 Å². The molecule has 1 atom stereocenters. The Labute approximate surface area is 189 Å². The molecule has 1 aliphatic rings. The van der Waals surface area contributed by atoms with Gasteiger partial charge in [0.05, 0.1) is 23.0 Å². The molecule has 178 valence electrons. The van der Waals surface area contributed by atoms with E-state index in [9.17, 15) is 31.2 Å². The molecule has 1 amide bonds. The van der Waals surface area contributed by atoms with Gasteiger partial charge in [-0.3, -0.25) is 14.3 Å². The van der Waals surface area contributed by atoms with Crippen molar-refractivity contribution in [3.63, 3.8) is 0 Å². The minimum Gasteiger partial charge on any atom is -0.466 e. The Bertz CT molecular complexity index is 1130. The Balaban J connectivity index is 1.78. The number of carbonyl (C=O) groups excluding carboxylic acids is 2. The lowest BCUT2D eigenvalue weighted by molar-refractivity contribution is -0.149. The molecule has 1 saturated heterocycles. The molecule has 0 aliphatic carbocycles. The molecule has 1 unspecified atom stereocenters. The van der Waals surface area contributed by atoms with E-state index < -0.39 is 33.6 Å². The largest absolute Gasteiger partial charge is 0.466 e. The Morgan fingerprint density at radius 2 is 1.88 bits per heavy atom. The van der Waals surface area contributed by atoms with Crippen molar-refractivity contribution in [1.82, 2.24) is 4.90 Å². The lowest BCUT2D eigenvalue weighted by Crippen LogP contribution is -2.42. The van der Waals surface area contributed by atoms with E-state index in [1.165, 1.54) is 29.2 Å². The maximum Gasteiger partial charge on any atom is 0.416 e. The van der Waals surface area contributed by atoms with E-state index in [0.29, 0.717) is 25.5 Å². The minimum absolute atomic E-state index is 0.0893. The number of benzene rings is 2. The average Bonchev–Trinajstić information content (AvgIpc) is 2.78. The van der Waals surface area contributed by atoms with Gasteiger partial charge in [0.2, 0.25) is 0 Å². The monoisotopic (exact) mass is 484 g/mol. The minimum atomic E-state index is -4.62. The van der Waals surface area contributed by atoms with Crippen LogP contribution in [0.1, 0.15) is 35.7 Å². The van der Waals surface area contributed by atoms with Gasteiger partial charge in [0.25, 0.3) is 15.9 Å². The first-order chi connectivity index (χ1) is 15.5. The number of esters is 1. The summed E-state index contributed by atoms with van der Waals surface area (Å²) in [6.45, 7) is 2.51. The highest BCUT2D eigenvalue weighted by Crippen LogP contribution is 2.31. The molecule has 11 heteroatoms. The summed E-state index contributed by atoms with van der Waals surface area (Å²) in [7, 11) is -4.26. The number of alkyl halides is 3. The van der Waals surface area contributed by atoms with Gasteiger partial charge in [0.1, 0.15) is 0 Å². The number of nitrogens with zero attached hydrogens (tertiary/aromatic N) is 1. The molecule has 1 aliphatic heterocycles. The number of hydrogen-bond acceptors (Lipinski definition) is 5. The summed E-state index contributed by atoms with van der Waals surface area (Å²) < 4.78 is 71.4. The highest BCUT2D eigenvalue weighted by atomic mass is 32.2. The number of nitrogens with one attached hydrogen (secondary N) is 1. The zero-order valence-electron chi connectivity index (χ0n) is 17.8. The summed E-state index contributed by atoms with van der Waals surface area (Å²) in [5.41, 5.74) is -1.16. The molecule has 1 heterocycles. The smallest absolute Gasteiger partial charge is 0.416 e. The first-order valence-corrected chi connectivity index (χ1v) is 11.8. The van der Waals surface area contributed by atoms with Gasteiger partial charge >= 0.3 is 12.1 Å². The maximum atomic E-state index is 13.0. The number of anilines is 1.